The Bertz CT molecular complexity index is 174. The number of carbonyl (C=O) groups excluding carboxylic acids is 1. The first-order valence-corrected chi connectivity index (χ1v) is 3.40. The first-order chi connectivity index (χ1) is 4.60. The van der Waals surface area contributed by atoms with E-state index in [9.17, 15) is 4.79 Å². The maximum atomic E-state index is 10.9. The van der Waals surface area contributed by atoms with Crippen LogP contribution in [-0.2, 0) is 9.53 Å². The predicted octanol–water partition coefficient (Wildman–Crippen LogP) is 1.37. The van der Waals surface area contributed by atoms with Crippen LogP contribution in [0.5, 0.6) is 0 Å². The van der Waals surface area contributed by atoms with Crippen molar-refractivity contribution >= 4 is 5.97 Å². The van der Waals surface area contributed by atoms with Crippen molar-refractivity contribution in [2.45, 2.75) is 13.8 Å². The highest BCUT2D eigenvalue weighted by Crippen LogP contribution is 2.35. The predicted molar refractivity (Wildman–Crippen MR) is 38.4 cm³/mol. The van der Waals surface area contributed by atoms with E-state index in [4.69, 9.17) is 4.74 Å². The smallest absolute Gasteiger partial charge is 0.309 e. The molecular weight excluding hydrogens is 128 g/mol. The minimum atomic E-state index is -0.142. The van der Waals surface area contributed by atoms with E-state index in [-0.39, 0.29) is 17.3 Å². The van der Waals surface area contributed by atoms with Crippen molar-refractivity contribution in [3.63, 3.8) is 0 Å². The van der Waals surface area contributed by atoms with Crippen LogP contribution < -0.4 is 0 Å². The molecular formula is C8H12O2. The molecule has 0 N–H and O–H groups in total. The number of ether oxygens (including phenoxy) is 1. The van der Waals surface area contributed by atoms with Crippen molar-refractivity contribution in [3.8, 4) is 0 Å². The number of carbonyl (C=O) groups is 1. The Labute approximate surface area is 60.9 Å². The minimum Gasteiger partial charge on any atom is -0.465 e. The molecule has 0 unspecified atom stereocenters. The van der Waals surface area contributed by atoms with Gasteiger partial charge in [0.05, 0.1) is 5.92 Å². The van der Waals surface area contributed by atoms with E-state index in [2.05, 4.69) is 6.58 Å². The Kier molecular flexibility index (Phi) is 1.55. The molecule has 0 aromatic heterocycles. The third kappa shape index (κ3) is 0.838. The fraction of sp³-hybridized carbons (Fsp3) is 0.625. The summed E-state index contributed by atoms with van der Waals surface area (Å²) in [4.78, 5) is 10.9. The van der Waals surface area contributed by atoms with E-state index in [1.807, 2.05) is 13.8 Å². The normalized spacial score (nSPS) is 39.4. The van der Waals surface area contributed by atoms with Crippen LogP contribution in [0.2, 0.25) is 0 Å². The van der Waals surface area contributed by atoms with Gasteiger partial charge in [-0.15, -0.1) is 6.58 Å². The maximum absolute atomic E-state index is 10.9. The summed E-state index contributed by atoms with van der Waals surface area (Å²) in [7, 11) is 0. The molecule has 56 valence electrons. The van der Waals surface area contributed by atoms with Gasteiger partial charge in [0, 0.05) is 5.41 Å². The maximum Gasteiger partial charge on any atom is 0.309 e. The van der Waals surface area contributed by atoms with Gasteiger partial charge in [-0.3, -0.25) is 4.79 Å². The molecule has 2 nitrogen and oxygen atoms in total. The average Bonchev–Trinajstić information content (AvgIpc) is 2.19. The van der Waals surface area contributed by atoms with E-state index in [1.165, 1.54) is 0 Å². The summed E-state index contributed by atoms with van der Waals surface area (Å²) in [5.74, 6) is -0.146. The topological polar surface area (TPSA) is 26.3 Å². The van der Waals surface area contributed by atoms with E-state index >= 15 is 0 Å². The monoisotopic (exact) mass is 140 g/mol. The third-order valence-electron chi connectivity index (χ3n) is 2.33. The Morgan fingerprint density at radius 2 is 2.50 bits per heavy atom. The summed E-state index contributed by atoms with van der Waals surface area (Å²) in [5.41, 5.74) is -0.142. The molecule has 1 aliphatic heterocycles. The molecule has 2 atom stereocenters. The molecule has 0 spiro atoms. The Hall–Kier alpha value is -0.790. The Balaban J connectivity index is 2.82. The summed E-state index contributed by atoms with van der Waals surface area (Å²) >= 11 is 0. The van der Waals surface area contributed by atoms with E-state index in [1.54, 1.807) is 6.08 Å². The molecule has 0 bridgehead atoms. The number of hydrogen-bond donors (Lipinski definition) is 0. The van der Waals surface area contributed by atoms with Gasteiger partial charge >= 0.3 is 5.97 Å². The van der Waals surface area contributed by atoms with E-state index < -0.39 is 0 Å². The lowest BCUT2D eigenvalue weighted by molar-refractivity contribution is -0.140. The lowest BCUT2D eigenvalue weighted by Crippen LogP contribution is -2.21. The first-order valence-electron chi connectivity index (χ1n) is 3.40. The van der Waals surface area contributed by atoms with Gasteiger partial charge in [0.25, 0.3) is 0 Å². The summed E-state index contributed by atoms with van der Waals surface area (Å²) in [5, 5.41) is 0. The van der Waals surface area contributed by atoms with Crippen LogP contribution in [0.1, 0.15) is 13.8 Å². The van der Waals surface area contributed by atoms with Gasteiger partial charge in [-0.1, -0.05) is 19.9 Å². The van der Waals surface area contributed by atoms with Crippen molar-refractivity contribution in [3.05, 3.63) is 12.7 Å². The number of rotatable bonds is 1. The zero-order valence-corrected chi connectivity index (χ0v) is 6.39. The highest BCUT2D eigenvalue weighted by molar-refractivity contribution is 5.75. The number of cyclic esters (lactones) is 1. The zero-order chi connectivity index (χ0) is 7.78. The van der Waals surface area contributed by atoms with E-state index in [0.717, 1.165) is 0 Å². The van der Waals surface area contributed by atoms with Gasteiger partial charge < -0.3 is 4.74 Å². The van der Waals surface area contributed by atoms with Crippen molar-refractivity contribution in [1.82, 2.24) is 0 Å². The first kappa shape index (κ1) is 7.32. The summed E-state index contributed by atoms with van der Waals surface area (Å²) in [6, 6.07) is 0. The summed E-state index contributed by atoms with van der Waals surface area (Å²) in [6.07, 6.45) is 1.79. The highest BCUT2D eigenvalue weighted by atomic mass is 16.5. The average molecular weight is 140 g/mol. The zero-order valence-electron chi connectivity index (χ0n) is 6.39. The van der Waals surface area contributed by atoms with Gasteiger partial charge in [0.2, 0.25) is 0 Å². The molecule has 1 rings (SSSR count). The molecule has 0 saturated carbocycles. The third-order valence-corrected chi connectivity index (χ3v) is 2.33. The Morgan fingerprint density at radius 3 is 2.70 bits per heavy atom. The molecule has 1 fully saturated rings. The van der Waals surface area contributed by atoms with E-state index in [0.29, 0.717) is 6.61 Å². The van der Waals surface area contributed by atoms with Gasteiger partial charge in [-0.05, 0) is 0 Å². The van der Waals surface area contributed by atoms with Gasteiger partial charge in [-0.25, -0.2) is 0 Å². The summed E-state index contributed by atoms with van der Waals surface area (Å²) in [6.45, 7) is 8.00. The largest absolute Gasteiger partial charge is 0.465 e. The van der Waals surface area contributed by atoms with Gasteiger partial charge in [0.1, 0.15) is 6.61 Å². The van der Waals surface area contributed by atoms with Crippen molar-refractivity contribution in [2.75, 3.05) is 6.61 Å². The van der Waals surface area contributed by atoms with Crippen LogP contribution >= 0.6 is 0 Å². The standard InChI is InChI=1S/C8H12O2/c1-4-8(3)5-10-7(9)6(8)2/h4,6H,1,5H2,2-3H3/t6-,8+/m0/s1. The lowest BCUT2D eigenvalue weighted by atomic mass is 9.81. The van der Waals surface area contributed by atoms with Gasteiger partial charge in [-0.2, -0.15) is 0 Å². The number of esters is 1. The molecule has 0 amide bonds. The quantitative estimate of drug-likeness (QED) is 0.406. The molecule has 1 aliphatic rings. The fourth-order valence-electron chi connectivity index (χ4n) is 0.982. The second-order valence-corrected chi connectivity index (χ2v) is 3.04. The Morgan fingerprint density at radius 1 is 1.90 bits per heavy atom. The molecule has 1 saturated heterocycles. The summed E-state index contributed by atoms with van der Waals surface area (Å²) < 4.78 is 4.86. The SMILES string of the molecule is C=C[C@]1(C)COC(=O)[C@@H]1C. The van der Waals surface area contributed by atoms with Crippen LogP contribution in [0, 0.1) is 11.3 Å². The highest BCUT2D eigenvalue weighted by Gasteiger charge is 2.41. The van der Waals surface area contributed by atoms with Crippen molar-refractivity contribution < 1.29 is 9.53 Å². The molecule has 10 heavy (non-hydrogen) atoms. The van der Waals surface area contributed by atoms with Crippen LogP contribution in [0.3, 0.4) is 0 Å². The molecule has 2 heteroatoms. The van der Waals surface area contributed by atoms with Crippen LogP contribution in [0.15, 0.2) is 12.7 Å². The molecule has 1 heterocycles. The van der Waals surface area contributed by atoms with Crippen LogP contribution in [0.4, 0.5) is 0 Å². The molecule has 0 aromatic carbocycles. The molecule has 0 aromatic rings. The second kappa shape index (κ2) is 2.11. The molecule has 0 aliphatic carbocycles. The van der Waals surface area contributed by atoms with Crippen LogP contribution in [0.25, 0.3) is 0 Å². The lowest BCUT2D eigenvalue weighted by Gasteiger charge is -2.18. The van der Waals surface area contributed by atoms with Crippen molar-refractivity contribution in [2.24, 2.45) is 11.3 Å². The second-order valence-electron chi connectivity index (χ2n) is 3.04. The fourth-order valence-corrected chi connectivity index (χ4v) is 0.982. The number of hydrogen-bond acceptors (Lipinski definition) is 2. The van der Waals surface area contributed by atoms with Crippen LogP contribution in [-0.4, -0.2) is 12.6 Å². The van der Waals surface area contributed by atoms with Gasteiger partial charge in [0.15, 0.2) is 0 Å². The van der Waals surface area contributed by atoms with Crippen molar-refractivity contribution in [1.29, 1.82) is 0 Å². The molecule has 0 radical (unpaired) electrons. The minimum absolute atomic E-state index is 0.0370.